The molecule has 0 radical (unpaired) electrons. The van der Waals surface area contributed by atoms with Gasteiger partial charge in [-0.2, -0.15) is 0 Å². The van der Waals surface area contributed by atoms with E-state index in [1.54, 1.807) is 11.8 Å². The van der Waals surface area contributed by atoms with Crippen molar-refractivity contribution in [2.75, 3.05) is 18.0 Å². The summed E-state index contributed by atoms with van der Waals surface area (Å²) >= 11 is 0. The number of fused-ring (bicyclic) bond motifs is 2. The van der Waals surface area contributed by atoms with Gasteiger partial charge >= 0.3 is 6.09 Å². The van der Waals surface area contributed by atoms with Crippen LogP contribution in [0.25, 0.3) is 21.5 Å². The highest BCUT2D eigenvalue weighted by Crippen LogP contribution is 2.31. The highest BCUT2D eigenvalue weighted by molar-refractivity contribution is 5.92. The number of hydrogen-bond acceptors (Lipinski definition) is 6. The second-order valence-electron chi connectivity index (χ2n) is 15.0. The van der Waals surface area contributed by atoms with Crippen LogP contribution in [0.1, 0.15) is 62.4 Å². The Morgan fingerprint density at radius 2 is 1.43 bits per heavy atom. The molecule has 2 atom stereocenters. The molecule has 6 aromatic rings. The zero-order valence-electron chi connectivity index (χ0n) is 30.9. The van der Waals surface area contributed by atoms with Crippen LogP contribution in [0.4, 0.5) is 10.5 Å². The van der Waals surface area contributed by atoms with Crippen molar-refractivity contribution in [3.8, 4) is 0 Å². The number of amides is 2. The molecule has 0 N–H and O–H groups in total. The fraction of sp³-hybridized carbons (Fsp3) is 0.318. The number of likely N-dealkylation sites (tertiary alicyclic amines) is 1. The number of benzene rings is 5. The molecule has 0 aliphatic carbocycles. The normalized spacial score (nSPS) is 16.2. The molecule has 2 amide bonds. The van der Waals surface area contributed by atoms with Gasteiger partial charge in [-0.05, 0) is 96.1 Å². The summed E-state index contributed by atoms with van der Waals surface area (Å²) in [4.78, 5) is 29.3. The fourth-order valence-corrected chi connectivity index (χ4v) is 7.03. The van der Waals surface area contributed by atoms with Crippen molar-refractivity contribution in [1.82, 2.24) is 19.9 Å². The smallest absolute Gasteiger partial charge is 0.410 e. The van der Waals surface area contributed by atoms with Crippen LogP contribution in [0.15, 0.2) is 115 Å². The molecule has 1 aliphatic heterocycles. The molecule has 9 heteroatoms. The lowest BCUT2D eigenvalue weighted by Gasteiger charge is -2.38. The number of nitrogens with zero attached hydrogens (tertiary/aromatic N) is 5. The monoisotopic (exact) mass is 709 g/mol. The third-order valence-corrected chi connectivity index (χ3v) is 9.84. The number of ether oxygens (including phenoxy) is 2. The number of carbonyl (C=O) groups excluding carboxylic acids is 2. The van der Waals surface area contributed by atoms with Crippen molar-refractivity contribution in [2.45, 2.75) is 77.9 Å². The van der Waals surface area contributed by atoms with Gasteiger partial charge in [-0.3, -0.25) is 9.48 Å². The Bertz CT molecular complexity index is 2210. The molecule has 272 valence electrons. The largest absolute Gasteiger partial charge is 0.444 e. The number of hydrogen-bond donors (Lipinski definition) is 0. The van der Waals surface area contributed by atoms with E-state index < -0.39 is 5.60 Å². The van der Waals surface area contributed by atoms with Crippen LogP contribution in [0, 0.1) is 0 Å². The molecule has 7 rings (SSSR count). The Balaban J connectivity index is 1.00. The summed E-state index contributed by atoms with van der Waals surface area (Å²) < 4.78 is 14.2. The van der Waals surface area contributed by atoms with Crippen molar-refractivity contribution >= 4 is 39.2 Å². The second kappa shape index (κ2) is 15.6. The molecule has 0 saturated carbocycles. The zero-order valence-corrected chi connectivity index (χ0v) is 30.9. The maximum absolute atomic E-state index is 13.1. The van der Waals surface area contributed by atoms with E-state index in [2.05, 4.69) is 83.1 Å². The maximum atomic E-state index is 13.1. The summed E-state index contributed by atoms with van der Waals surface area (Å²) in [6, 6.07) is 37.4. The molecule has 2 heterocycles. The van der Waals surface area contributed by atoms with Gasteiger partial charge in [0.1, 0.15) is 5.60 Å². The topological polar surface area (TPSA) is 89.8 Å². The Hall–Kier alpha value is -5.54. The molecule has 1 saturated heterocycles. The Morgan fingerprint density at radius 3 is 2.09 bits per heavy atom. The van der Waals surface area contributed by atoms with Crippen LogP contribution in [0.2, 0.25) is 0 Å². The minimum atomic E-state index is -0.580. The molecule has 5 aromatic carbocycles. The van der Waals surface area contributed by atoms with E-state index >= 15 is 0 Å². The van der Waals surface area contributed by atoms with E-state index in [4.69, 9.17) is 9.47 Å². The number of carbonyl (C=O) groups is 2. The fourth-order valence-electron chi connectivity index (χ4n) is 7.03. The van der Waals surface area contributed by atoms with Crippen LogP contribution < -0.4 is 4.90 Å². The molecule has 1 fully saturated rings. The van der Waals surface area contributed by atoms with Crippen LogP contribution >= 0.6 is 0 Å². The van der Waals surface area contributed by atoms with E-state index in [0.717, 1.165) is 39.9 Å². The number of aryl methyl sites for hydroxylation is 2. The zero-order chi connectivity index (χ0) is 37.0. The van der Waals surface area contributed by atoms with Crippen LogP contribution in [-0.2, 0) is 40.4 Å². The average Bonchev–Trinajstić information content (AvgIpc) is 3.63. The van der Waals surface area contributed by atoms with E-state index in [-0.39, 0.29) is 24.0 Å². The minimum absolute atomic E-state index is 0.00229. The molecule has 0 unspecified atom stereocenters. The van der Waals surface area contributed by atoms with E-state index in [1.165, 1.54) is 16.2 Å². The van der Waals surface area contributed by atoms with Crippen LogP contribution in [-0.4, -0.2) is 56.7 Å². The van der Waals surface area contributed by atoms with Gasteiger partial charge in [-0.1, -0.05) is 90.1 Å². The first kappa shape index (κ1) is 35.8. The molecular formula is C44H47N5O4. The van der Waals surface area contributed by atoms with Gasteiger partial charge in [0, 0.05) is 37.8 Å². The summed E-state index contributed by atoms with van der Waals surface area (Å²) in [7, 11) is 0. The summed E-state index contributed by atoms with van der Waals surface area (Å²) in [6.45, 7) is 9.78. The van der Waals surface area contributed by atoms with Gasteiger partial charge in [0.15, 0.2) is 0 Å². The van der Waals surface area contributed by atoms with Crippen molar-refractivity contribution < 1.29 is 19.1 Å². The van der Waals surface area contributed by atoms with Crippen molar-refractivity contribution in [2.24, 2.45) is 0 Å². The average molecular weight is 710 g/mol. The highest BCUT2D eigenvalue weighted by atomic mass is 16.6. The standard InChI is InChI=1S/C44H47N5O4/c1-31(50)49(27-33-13-17-35-9-5-7-11-37(35)25-33)39-19-15-32(16-20-39)21-24-48-28-41(45-46-48)40-22-23-47(43(51)53-44(2,3)4)29-42(40)52-30-34-14-18-36-10-6-8-12-38(36)26-34/h5-20,25-26,28,40,42H,21-24,27,29-30H2,1-4H3/t40-,42+/m0/s1. The lowest BCUT2D eigenvalue weighted by atomic mass is 9.91. The van der Waals surface area contributed by atoms with Gasteiger partial charge in [0.05, 0.1) is 31.5 Å². The SMILES string of the molecule is CC(=O)N(Cc1ccc2ccccc2c1)c1ccc(CCn2cc([C@@H]3CCN(C(=O)OC(C)(C)C)C[C@H]3OCc3ccc4ccccc4c3)nn2)cc1. The first-order chi connectivity index (χ1) is 25.6. The van der Waals surface area contributed by atoms with Crippen molar-refractivity contribution in [3.63, 3.8) is 0 Å². The summed E-state index contributed by atoms with van der Waals surface area (Å²) in [5.74, 6) is -0.0279. The molecule has 53 heavy (non-hydrogen) atoms. The van der Waals surface area contributed by atoms with E-state index in [1.807, 2.05) is 72.9 Å². The van der Waals surface area contributed by atoms with Crippen LogP contribution in [0.3, 0.4) is 0 Å². The number of piperidine rings is 1. The lowest BCUT2D eigenvalue weighted by molar-refractivity contribution is -0.116. The third kappa shape index (κ3) is 8.92. The summed E-state index contributed by atoms with van der Waals surface area (Å²) in [5, 5.41) is 13.8. The minimum Gasteiger partial charge on any atom is -0.444 e. The van der Waals surface area contributed by atoms with E-state index in [9.17, 15) is 9.59 Å². The van der Waals surface area contributed by atoms with E-state index in [0.29, 0.717) is 39.2 Å². The van der Waals surface area contributed by atoms with Gasteiger partial charge in [-0.25, -0.2) is 4.79 Å². The number of anilines is 1. The van der Waals surface area contributed by atoms with Gasteiger partial charge < -0.3 is 19.3 Å². The van der Waals surface area contributed by atoms with Crippen LogP contribution in [0.5, 0.6) is 0 Å². The Labute approximate surface area is 311 Å². The second-order valence-corrected chi connectivity index (χ2v) is 15.0. The quantitative estimate of drug-likeness (QED) is 0.141. The maximum Gasteiger partial charge on any atom is 0.410 e. The predicted molar refractivity (Wildman–Crippen MR) is 209 cm³/mol. The molecule has 1 aliphatic rings. The summed E-state index contributed by atoms with van der Waals surface area (Å²) in [6.07, 6.45) is 2.85. The molecule has 0 bridgehead atoms. The third-order valence-electron chi connectivity index (χ3n) is 9.84. The van der Waals surface area contributed by atoms with Crippen molar-refractivity contribution in [1.29, 1.82) is 0 Å². The number of aromatic nitrogens is 3. The Kier molecular flexibility index (Phi) is 10.5. The molecule has 1 aromatic heterocycles. The predicted octanol–water partition coefficient (Wildman–Crippen LogP) is 8.69. The summed E-state index contributed by atoms with van der Waals surface area (Å²) in [5.41, 5.74) is 4.45. The Morgan fingerprint density at radius 1 is 0.811 bits per heavy atom. The lowest BCUT2D eigenvalue weighted by Crippen LogP contribution is -2.48. The van der Waals surface area contributed by atoms with Crippen molar-refractivity contribution in [3.05, 3.63) is 138 Å². The first-order valence-electron chi connectivity index (χ1n) is 18.4. The first-order valence-corrected chi connectivity index (χ1v) is 18.4. The molecule has 0 spiro atoms. The molecular weight excluding hydrogens is 663 g/mol. The highest BCUT2D eigenvalue weighted by Gasteiger charge is 2.36. The van der Waals surface area contributed by atoms with Gasteiger partial charge in [0.25, 0.3) is 0 Å². The number of rotatable bonds is 10. The molecule has 9 nitrogen and oxygen atoms in total. The van der Waals surface area contributed by atoms with Gasteiger partial charge in [0.2, 0.25) is 5.91 Å². The van der Waals surface area contributed by atoms with Gasteiger partial charge in [-0.15, -0.1) is 5.10 Å².